The van der Waals surface area contributed by atoms with E-state index in [9.17, 15) is 4.79 Å². The Morgan fingerprint density at radius 3 is 2.32 bits per heavy atom. The van der Waals surface area contributed by atoms with Crippen molar-refractivity contribution in [1.82, 2.24) is 14.3 Å². The van der Waals surface area contributed by atoms with Crippen molar-refractivity contribution < 1.29 is 10.5 Å². The molecule has 8 heteroatoms. The van der Waals surface area contributed by atoms with Crippen LogP contribution < -0.4 is 20.9 Å². The highest BCUT2D eigenvalue weighted by Crippen LogP contribution is 2.31. The lowest BCUT2D eigenvalue weighted by Gasteiger charge is -2.36. The van der Waals surface area contributed by atoms with Gasteiger partial charge in [0.15, 0.2) is 5.69 Å². The Balaban J connectivity index is 1.15. The quantitative estimate of drug-likeness (QED) is 0.414. The summed E-state index contributed by atoms with van der Waals surface area (Å²) >= 11 is 0. The number of nitrogens with zero attached hydrogens (tertiary/aromatic N) is 5. The standard InChI is InChI=1S/C30H35N7O/c31-25-8-2-3-9-26(25)35-18-20-36(21-19-35)28(38)22-32-30-29(33-27-10-4-7-17-37(27)30)23-11-13-24(14-12-23)34-15-5-1-6-16-34/h2-4,7-14,17,32H,1,5-6,15-16,18-22,31H2/p+1. The molecule has 0 radical (unpaired) electrons. The highest BCUT2D eigenvalue weighted by Gasteiger charge is 2.24. The van der Waals surface area contributed by atoms with Gasteiger partial charge in [-0.25, -0.2) is 4.98 Å². The summed E-state index contributed by atoms with van der Waals surface area (Å²) in [5.74, 6) is 0.953. The van der Waals surface area contributed by atoms with Crippen molar-refractivity contribution in [3.05, 3.63) is 72.9 Å². The number of carbonyl (C=O) groups excluding carboxylic acids is 1. The van der Waals surface area contributed by atoms with E-state index in [0.29, 0.717) is 13.1 Å². The summed E-state index contributed by atoms with van der Waals surface area (Å²) in [7, 11) is 0. The molecule has 4 heterocycles. The molecule has 6 rings (SSSR count). The van der Waals surface area contributed by atoms with E-state index in [1.54, 1.807) is 0 Å². The van der Waals surface area contributed by atoms with Crippen molar-refractivity contribution in [1.29, 1.82) is 0 Å². The average molecular weight is 511 g/mol. The summed E-state index contributed by atoms with van der Waals surface area (Å²) in [6.45, 7) is 5.50. The molecule has 0 unspecified atom stereocenters. The van der Waals surface area contributed by atoms with E-state index in [1.165, 1.54) is 24.9 Å². The van der Waals surface area contributed by atoms with Crippen LogP contribution in [-0.4, -0.2) is 66.0 Å². The number of piperidine rings is 1. The molecule has 38 heavy (non-hydrogen) atoms. The van der Waals surface area contributed by atoms with Crippen LogP contribution in [0.5, 0.6) is 0 Å². The predicted molar refractivity (Wildman–Crippen MR) is 153 cm³/mol. The minimum atomic E-state index is 0.102. The first-order valence-electron chi connectivity index (χ1n) is 13.7. The number of hydrogen-bond acceptors (Lipinski definition) is 5. The van der Waals surface area contributed by atoms with Crippen LogP contribution in [0.2, 0.25) is 0 Å². The zero-order chi connectivity index (χ0) is 25.9. The van der Waals surface area contributed by atoms with Crippen LogP contribution in [-0.2, 0) is 4.79 Å². The smallest absolute Gasteiger partial charge is 0.242 e. The molecule has 0 aliphatic carbocycles. The first-order valence-corrected chi connectivity index (χ1v) is 13.7. The lowest BCUT2D eigenvalue weighted by molar-refractivity contribution is -0.253. The van der Waals surface area contributed by atoms with E-state index in [0.717, 1.165) is 60.3 Å². The van der Waals surface area contributed by atoms with Gasteiger partial charge in [-0.2, -0.15) is 0 Å². The zero-order valence-electron chi connectivity index (χ0n) is 21.9. The van der Waals surface area contributed by atoms with Gasteiger partial charge >= 0.3 is 0 Å². The molecule has 8 nitrogen and oxygen atoms in total. The first kappa shape index (κ1) is 24.3. The lowest BCUT2D eigenvalue weighted by Crippen LogP contribution is -2.51. The van der Waals surface area contributed by atoms with Crippen LogP contribution in [0, 0.1) is 0 Å². The second-order valence-corrected chi connectivity index (χ2v) is 10.2. The molecule has 2 saturated heterocycles. The second kappa shape index (κ2) is 10.8. The third-order valence-corrected chi connectivity index (χ3v) is 7.76. The monoisotopic (exact) mass is 510 g/mol. The number of fused-ring (bicyclic) bond motifs is 1. The molecule has 196 valence electrons. The van der Waals surface area contributed by atoms with Gasteiger partial charge in [0.25, 0.3) is 0 Å². The molecule has 4 aromatic rings. The molecule has 4 N–H and O–H groups in total. The number of pyridine rings is 1. The van der Waals surface area contributed by atoms with Crippen LogP contribution >= 0.6 is 0 Å². The van der Waals surface area contributed by atoms with Crippen LogP contribution in [0.3, 0.4) is 0 Å². The third kappa shape index (κ3) is 4.91. The molecule has 0 spiro atoms. The predicted octanol–water partition coefficient (Wildman–Crippen LogP) is 3.63. The molecular weight excluding hydrogens is 474 g/mol. The molecular formula is C30H36N7O+. The summed E-state index contributed by atoms with van der Waals surface area (Å²) in [6.07, 6.45) is 5.84. The van der Waals surface area contributed by atoms with Gasteiger partial charge in [0.1, 0.15) is 17.2 Å². The van der Waals surface area contributed by atoms with Crippen molar-refractivity contribution in [2.45, 2.75) is 19.3 Å². The van der Waals surface area contributed by atoms with E-state index in [4.69, 9.17) is 4.98 Å². The topological polar surface area (TPSA) is 83.8 Å². The number of aromatic nitrogens is 2. The Morgan fingerprint density at radius 1 is 0.816 bits per heavy atom. The summed E-state index contributed by atoms with van der Waals surface area (Å²) in [6, 6.07) is 22.9. The van der Waals surface area contributed by atoms with Crippen LogP contribution in [0.15, 0.2) is 72.9 Å². The molecule has 2 fully saturated rings. The number of para-hydroxylation sites is 1. The number of piperazine rings is 1. The number of rotatable bonds is 6. The largest absolute Gasteiger partial charge is 0.372 e. The summed E-state index contributed by atoms with van der Waals surface area (Å²) in [5.41, 5.74) is 10.4. The summed E-state index contributed by atoms with van der Waals surface area (Å²) in [5, 5.41) is 3.44. The van der Waals surface area contributed by atoms with Crippen molar-refractivity contribution in [2.24, 2.45) is 0 Å². The zero-order valence-corrected chi connectivity index (χ0v) is 21.9. The summed E-state index contributed by atoms with van der Waals surface area (Å²) < 4.78 is 2.03. The minimum Gasteiger partial charge on any atom is -0.372 e. The molecule has 2 aliphatic rings. The Bertz CT molecular complexity index is 1400. The molecule has 2 aliphatic heterocycles. The molecule has 2 aromatic carbocycles. The fourth-order valence-electron chi connectivity index (χ4n) is 5.64. The molecule has 0 bridgehead atoms. The number of nitrogens with one attached hydrogen (secondary N) is 1. The van der Waals surface area contributed by atoms with Crippen molar-refractivity contribution in [3.8, 4) is 11.3 Å². The number of carbonyl (C=O) groups is 1. The van der Waals surface area contributed by atoms with Gasteiger partial charge in [0, 0.05) is 62.8 Å². The van der Waals surface area contributed by atoms with Gasteiger partial charge in [-0.3, -0.25) is 9.20 Å². The highest BCUT2D eigenvalue weighted by molar-refractivity contribution is 5.84. The Hall–Kier alpha value is -4.04. The van der Waals surface area contributed by atoms with E-state index in [2.05, 4.69) is 51.2 Å². The number of benzene rings is 2. The SMILES string of the molecule is [NH3+]c1ccccc1N1CCN(C(=O)CNc2c(-c3ccc(N4CCCCC4)cc3)nc3ccccn23)CC1. The Labute approximate surface area is 223 Å². The van der Waals surface area contributed by atoms with Gasteiger partial charge in [-0.15, -0.1) is 0 Å². The Kier molecular flexibility index (Phi) is 6.88. The van der Waals surface area contributed by atoms with Crippen LogP contribution in [0.1, 0.15) is 19.3 Å². The number of hydrogen-bond donors (Lipinski definition) is 2. The van der Waals surface area contributed by atoms with Crippen molar-refractivity contribution in [2.75, 3.05) is 60.9 Å². The fraction of sp³-hybridized carbons (Fsp3) is 0.333. The minimum absolute atomic E-state index is 0.102. The van der Waals surface area contributed by atoms with Crippen LogP contribution in [0.25, 0.3) is 16.9 Å². The fourth-order valence-corrected chi connectivity index (χ4v) is 5.64. The van der Waals surface area contributed by atoms with E-state index < -0.39 is 0 Å². The normalized spacial score (nSPS) is 16.2. The number of anilines is 3. The number of quaternary nitrogens is 1. The van der Waals surface area contributed by atoms with Gasteiger partial charge in [0.05, 0.1) is 12.2 Å². The maximum atomic E-state index is 13.2. The Morgan fingerprint density at radius 2 is 1.55 bits per heavy atom. The lowest BCUT2D eigenvalue weighted by atomic mass is 10.1. The number of amides is 1. The summed E-state index contributed by atoms with van der Waals surface area (Å²) in [4.78, 5) is 24.8. The molecule has 1 amide bonds. The van der Waals surface area contributed by atoms with Crippen molar-refractivity contribution in [3.63, 3.8) is 0 Å². The van der Waals surface area contributed by atoms with Gasteiger partial charge in [0.2, 0.25) is 5.91 Å². The maximum Gasteiger partial charge on any atom is 0.242 e. The highest BCUT2D eigenvalue weighted by atomic mass is 16.2. The van der Waals surface area contributed by atoms with E-state index >= 15 is 0 Å². The second-order valence-electron chi connectivity index (χ2n) is 10.2. The molecule has 0 saturated carbocycles. The number of imidazole rings is 1. The van der Waals surface area contributed by atoms with Gasteiger partial charge in [-0.1, -0.05) is 30.3 Å². The van der Waals surface area contributed by atoms with E-state index in [-0.39, 0.29) is 12.5 Å². The first-order chi connectivity index (χ1) is 18.7. The van der Waals surface area contributed by atoms with Crippen molar-refractivity contribution >= 4 is 34.4 Å². The van der Waals surface area contributed by atoms with E-state index in [1.807, 2.05) is 51.9 Å². The molecule has 2 aromatic heterocycles. The van der Waals surface area contributed by atoms with Gasteiger partial charge in [-0.05, 0) is 49.6 Å². The molecule has 0 atom stereocenters. The van der Waals surface area contributed by atoms with Crippen LogP contribution in [0.4, 0.5) is 22.9 Å². The third-order valence-electron chi connectivity index (χ3n) is 7.76. The van der Waals surface area contributed by atoms with Gasteiger partial charge < -0.3 is 25.8 Å². The maximum absolute atomic E-state index is 13.2. The average Bonchev–Trinajstić information content (AvgIpc) is 3.35.